The van der Waals surface area contributed by atoms with E-state index in [9.17, 15) is 18.0 Å². The summed E-state index contributed by atoms with van der Waals surface area (Å²) in [5, 5.41) is 5.30. The third-order valence-electron chi connectivity index (χ3n) is 4.51. The normalized spacial score (nSPS) is 15.7. The summed E-state index contributed by atoms with van der Waals surface area (Å²) in [6.07, 6.45) is 0. The average molecular weight is 372 g/mol. The monoisotopic (exact) mass is 372 g/mol. The van der Waals surface area contributed by atoms with Gasteiger partial charge in [0.2, 0.25) is 11.8 Å². The zero-order valence-electron chi connectivity index (χ0n) is 14.8. The highest BCUT2D eigenvalue weighted by Gasteiger charge is 2.32. The lowest BCUT2D eigenvalue weighted by atomic mass is 9.83. The van der Waals surface area contributed by atoms with Crippen LogP contribution < -0.4 is 10.6 Å². The molecule has 2 aromatic carbocycles. The van der Waals surface area contributed by atoms with E-state index < -0.39 is 26.9 Å². The van der Waals surface area contributed by atoms with E-state index in [0.29, 0.717) is 5.69 Å². The highest BCUT2D eigenvalue weighted by Crippen LogP contribution is 2.31. The summed E-state index contributed by atoms with van der Waals surface area (Å²) >= 11 is 0. The molecular weight excluding hydrogens is 352 g/mol. The predicted octanol–water partition coefficient (Wildman–Crippen LogP) is 2.64. The molecule has 0 unspecified atom stereocenters. The van der Waals surface area contributed by atoms with Gasteiger partial charge < -0.3 is 10.6 Å². The van der Waals surface area contributed by atoms with Gasteiger partial charge in [-0.3, -0.25) is 9.59 Å². The van der Waals surface area contributed by atoms with E-state index in [-0.39, 0.29) is 16.5 Å². The number of carbonyl (C=O) groups is 2. The van der Waals surface area contributed by atoms with Crippen LogP contribution in [0, 0.1) is 6.92 Å². The first-order valence-corrected chi connectivity index (χ1v) is 9.80. The van der Waals surface area contributed by atoms with Gasteiger partial charge in [0.1, 0.15) is 5.75 Å². The summed E-state index contributed by atoms with van der Waals surface area (Å²) in [6, 6.07) is 12.1. The van der Waals surface area contributed by atoms with Crippen molar-refractivity contribution in [3.8, 4) is 0 Å². The minimum absolute atomic E-state index is 0.0167. The second-order valence-corrected chi connectivity index (χ2v) is 8.92. The zero-order chi connectivity index (χ0) is 19.1. The van der Waals surface area contributed by atoms with E-state index in [2.05, 4.69) is 10.6 Å². The predicted molar refractivity (Wildman–Crippen MR) is 100.0 cm³/mol. The van der Waals surface area contributed by atoms with Crippen LogP contribution >= 0.6 is 0 Å². The largest absolute Gasteiger partial charge is 0.325 e. The summed E-state index contributed by atoms with van der Waals surface area (Å²) in [5.74, 6) is -1.40. The SMILES string of the molecule is Cc1ccc(C(C)(C)C(=O)Nc2ccc3c(c2)S(=O)(=O)CC(=O)N3)cc1. The number of nitrogens with one attached hydrogen (secondary N) is 2. The fourth-order valence-corrected chi connectivity index (χ4v) is 4.12. The van der Waals surface area contributed by atoms with Crippen molar-refractivity contribution in [1.82, 2.24) is 0 Å². The van der Waals surface area contributed by atoms with Gasteiger partial charge in [-0.1, -0.05) is 29.8 Å². The van der Waals surface area contributed by atoms with E-state index in [1.807, 2.05) is 45.0 Å². The molecule has 26 heavy (non-hydrogen) atoms. The fourth-order valence-electron chi connectivity index (χ4n) is 2.79. The smallest absolute Gasteiger partial charge is 0.239 e. The molecule has 1 aliphatic heterocycles. The molecule has 0 bridgehead atoms. The average Bonchev–Trinajstić information content (AvgIpc) is 2.55. The number of fused-ring (bicyclic) bond motifs is 1. The Bertz CT molecular complexity index is 993. The number of rotatable bonds is 3. The molecule has 0 saturated heterocycles. The van der Waals surface area contributed by atoms with E-state index >= 15 is 0 Å². The van der Waals surface area contributed by atoms with Gasteiger partial charge in [-0.05, 0) is 44.5 Å². The molecule has 0 radical (unpaired) electrons. The number of benzene rings is 2. The van der Waals surface area contributed by atoms with Crippen molar-refractivity contribution in [2.45, 2.75) is 31.1 Å². The number of sulfone groups is 1. The Kier molecular flexibility index (Phi) is 4.36. The zero-order valence-corrected chi connectivity index (χ0v) is 15.6. The minimum Gasteiger partial charge on any atom is -0.325 e. The van der Waals surface area contributed by atoms with Gasteiger partial charge >= 0.3 is 0 Å². The van der Waals surface area contributed by atoms with Crippen LogP contribution in [0.25, 0.3) is 0 Å². The van der Waals surface area contributed by atoms with Crippen molar-refractivity contribution >= 4 is 33.0 Å². The third kappa shape index (κ3) is 3.35. The first kappa shape index (κ1) is 18.1. The highest BCUT2D eigenvalue weighted by atomic mass is 32.2. The Labute approximate surface area is 152 Å². The van der Waals surface area contributed by atoms with Crippen LogP contribution in [-0.4, -0.2) is 26.0 Å². The number of aryl methyl sites for hydroxylation is 1. The Morgan fingerprint density at radius 2 is 1.77 bits per heavy atom. The molecule has 136 valence electrons. The molecular formula is C19H20N2O4S. The van der Waals surface area contributed by atoms with Crippen LogP contribution in [0.2, 0.25) is 0 Å². The van der Waals surface area contributed by atoms with Crippen LogP contribution in [0.15, 0.2) is 47.4 Å². The summed E-state index contributed by atoms with van der Waals surface area (Å²) in [5.41, 5.74) is 1.77. The summed E-state index contributed by atoms with van der Waals surface area (Å²) in [6.45, 7) is 5.59. The molecule has 1 heterocycles. The number of hydrogen-bond acceptors (Lipinski definition) is 4. The molecule has 0 aliphatic carbocycles. The Morgan fingerprint density at radius 3 is 2.42 bits per heavy atom. The van der Waals surface area contributed by atoms with Crippen LogP contribution in [0.5, 0.6) is 0 Å². The van der Waals surface area contributed by atoms with Gasteiger partial charge in [0.25, 0.3) is 0 Å². The van der Waals surface area contributed by atoms with Gasteiger partial charge in [0, 0.05) is 5.69 Å². The summed E-state index contributed by atoms with van der Waals surface area (Å²) < 4.78 is 24.4. The lowest BCUT2D eigenvalue weighted by Gasteiger charge is -2.25. The third-order valence-corrected chi connectivity index (χ3v) is 6.16. The van der Waals surface area contributed by atoms with Crippen LogP contribution in [0.1, 0.15) is 25.0 Å². The second-order valence-electron chi connectivity index (χ2n) is 6.96. The van der Waals surface area contributed by atoms with Crippen molar-refractivity contribution in [1.29, 1.82) is 0 Å². The summed E-state index contributed by atoms with van der Waals surface area (Å²) in [4.78, 5) is 24.2. The quantitative estimate of drug-likeness (QED) is 0.866. The van der Waals surface area contributed by atoms with Crippen LogP contribution in [0.4, 0.5) is 11.4 Å². The molecule has 2 aromatic rings. The van der Waals surface area contributed by atoms with Gasteiger partial charge in [-0.2, -0.15) is 0 Å². The van der Waals surface area contributed by atoms with Crippen molar-refractivity contribution < 1.29 is 18.0 Å². The maximum atomic E-state index is 12.8. The maximum absolute atomic E-state index is 12.8. The number of amides is 2. The maximum Gasteiger partial charge on any atom is 0.239 e. The van der Waals surface area contributed by atoms with Gasteiger partial charge in [0.15, 0.2) is 9.84 Å². The van der Waals surface area contributed by atoms with Crippen LogP contribution in [0.3, 0.4) is 0 Å². The molecule has 1 aliphatic rings. The van der Waals surface area contributed by atoms with Crippen LogP contribution in [-0.2, 0) is 24.8 Å². The highest BCUT2D eigenvalue weighted by molar-refractivity contribution is 7.92. The number of hydrogen-bond donors (Lipinski definition) is 2. The van der Waals surface area contributed by atoms with E-state index in [1.54, 1.807) is 6.07 Å². The minimum atomic E-state index is -3.71. The van der Waals surface area contributed by atoms with Gasteiger partial charge in [0.05, 0.1) is 16.0 Å². The fraction of sp³-hybridized carbons (Fsp3) is 0.263. The molecule has 3 rings (SSSR count). The lowest BCUT2D eigenvalue weighted by molar-refractivity contribution is -0.120. The van der Waals surface area contributed by atoms with Crippen molar-refractivity contribution in [3.05, 3.63) is 53.6 Å². The lowest BCUT2D eigenvalue weighted by Crippen LogP contribution is -2.35. The molecule has 2 amide bonds. The molecule has 0 fully saturated rings. The first-order chi connectivity index (χ1) is 12.1. The molecule has 0 spiro atoms. The standard InChI is InChI=1S/C19H20N2O4S/c1-12-4-6-13(7-5-12)19(2,3)18(23)20-14-8-9-15-16(10-14)26(24,25)11-17(22)21-15/h4-10H,11H2,1-3H3,(H,20,23)(H,21,22). The molecule has 6 nitrogen and oxygen atoms in total. The molecule has 0 aromatic heterocycles. The second kappa shape index (κ2) is 6.25. The van der Waals surface area contributed by atoms with E-state index in [4.69, 9.17) is 0 Å². The number of carbonyl (C=O) groups excluding carboxylic acids is 2. The Balaban J connectivity index is 1.88. The Hall–Kier alpha value is -2.67. The molecule has 0 saturated carbocycles. The Morgan fingerprint density at radius 1 is 1.12 bits per heavy atom. The van der Waals surface area contributed by atoms with Crippen molar-refractivity contribution in [2.24, 2.45) is 0 Å². The van der Waals surface area contributed by atoms with Crippen molar-refractivity contribution in [2.75, 3.05) is 16.4 Å². The molecule has 2 N–H and O–H groups in total. The van der Waals surface area contributed by atoms with Crippen molar-refractivity contribution in [3.63, 3.8) is 0 Å². The van der Waals surface area contributed by atoms with E-state index in [0.717, 1.165) is 11.1 Å². The molecule has 7 heteroatoms. The van der Waals surface area contributed by atoms with E-state index in [1.165, 1.54) is 12.1 Å². The molecule has 0 atom stereocenters. The topological polar surface area (TPSA) is 92.3 Å². The summed E-state index contributed by atoms with van der Waals surface area (Å²) in [7, 11) is -3.71. The first-order valence-electron chi connectivity index (χ1n) is 8.15. The number of anilines is 2. The van der Waals surface area contributed by atoms with Gasteiger partial charge in [-0.25, -0.2) is 8.42 Å². The van der Waals surface area contributed by atoms with Gasteiger partial charge in [-0.15, -0.1) is 0 Å².